The average Bonchev–Trinajstić information content (AvgIpc) is 3.39. The van der Waals surface area contributed by atoms with Gasteiger partial charge < -0.3 is 5.32 Å². The monoisotopic (exact) mass is 423 g/mol. The second kappa shape index (κ2) is 8.37. The van der Waals surface area contributed by atoms with Crippen LogP contribution in [0.5, 0.6) is 0 Å². The van der Waals surface area contributed by atoms with Crippen LogP contribution in [0.1, 0.15) is 19.4 Å². The lowest BCUT2D eigenvalue weighted by Crippen LogP contribution is -2.27. The molecule has 30 heavy (non-hydrogen) atoms. The summed E-state index contributed by atoms with van der Waals surface area (Å²) in [4.78, 5) is 14.2. The molecule has 152 valence electrons. The number of anilines is 1. The van der Waals surface area contributed by atoms with Crippen molar-refractivity contribution < 1.29 is 4.79 Å². The van der Waals surface area contributed by atoms with Crippen molar-refractivity contribution in [3.8, 4) is 22.8 Å². The first kappa shape index (κ1) is 19.6. The number of carbonyl (C=O) groups is 1. The molecule has 2 heterocycles. The van der Waals surface area contributed by atoms with Crippen LogP contribution in [0.3, 0.4) is 0 Å². The quantitative estimate of drug-likeness (QED) is 0.506. The van der Waals surface area contributed by atoms with Gasteiger partial charge in [0.1, 0.15) is 0 Å². The van der Waals surface area contributed by atoms with E-state index in [1.807, 2.05) is 25.1 Å². The summed E-state index contributed by atoms with van der Waals surface area (Å²) < 4.78 is 1.56. The first-order valence-electron chi connectivity index (χ1n) is 9.24. The summed E-state index contributed by atoms with van der Waals surface area (Å²) in [5, 5.41) is 27.5. The molecule has 4 rings (SSSR count). The largest absolute Gasteiger partial charge is 0.324 e. The van der Waals surface area contributed by atoms with Crippen molar-refractivity contribution in [3.63, 3.8) is 0 Å². The Balaban J connectivity index is 1.53. The van der Waals surface area contributed by atoms with Gasteiger partial charge in [-0.25, -0.2) is 4.68 Å². The van der Waals surface area contributed by atoms with E-state index in [4.69, 9.17) is 11.6 Å². The van der Waals surface area contributed by atoms with Crippen molar-refractivity contribution in [3.05, 3.63) is 53.6 Å². The molecule has 0 radical (unpaired) electrons. The number of nitrogens with zero attached hydrogens (tertiary/aromatic N) is 8. The van der Waals surface area contributed by atoms with E-state index in [1.54, 1.807) is 42.1 Å². The van der Waals surface area contributed by atoms with Gasteiger partial charge in [-0.15, -0.1) is 15.3 Å². The lowest BCUT2D eigenvalue weighted by molar-refractivity contribution is -0.119. The summed E-state index contributed by atoms with van der Waals surface area (Å²) in [6.45, 7) is 1.89. The molecule has 11 heteroatoms. The molecule has 0 aliphatic rings. The molecule has 1 amide bonds. The van der Waals surface area contributed by atoms with Crippen LogP contribution in [0.2, 0.25) is 5.02 Å². The molecule has 0 fully saturated rings. The van der Waals surface area contributed by atoms with Crippen molar-refractivity contribution in [2.24, 2.45) is 7.05 Å². The summed E-state index contributed by atoms with van der Waals surface area (Å²) in [6, 6.07) is 13.8. The number of tetrazole rings is 2. The number of aryl methyl sites for hydroxylation is 1. The molecule has 2 aromatic carbocycles. The van der Waals surface area contributed by atoms with Crippen molar-refractivity contribution in [2.45, 2.75) is 19.4 Å². The van der Waals surface area contributed by atoms with Crippen LogP contribution in [-0.2, 0) is 11.8 Å². The van der Waals surface area contributed by atoms with Gasteiger partial charge in [-0.1, -0.05) is 30.7 Å². The third-order valence-corrected chi connectivity index (χ3v) is 4.76. The zero-order valence-electron chi connectivity index (χ0n) is 16.3. The van der Waals surface area contributed by atoms with E-state index in [0.29, 0.717) is 28.8 Å². The summed E-state index contributed by atoms with van der Waals surface area (Å²) >= 11 is 5.92. The molecule has 1 atom stereocenters. The van der Waals surface area contributed by atoms with E-state index in [2.05, 4.69) is 36.3 Å². The normalized spacial score (nSPS) is 12.0. The van der Waals surface area contributed by atoms with E-state index in [0.717, 1.165) is 11.1 Å². The highest BCUT2D eigenvalue weighted by molar-refractivity contribution is 6.30. The van der Waals surface area contributed by atoms with E-state index < -0.39 is 6.04 Å². The lowest BCUT2D eigenvalue weighted by Gasteiger charge is -2.14. The molecule has 0 aliphatic heterocycles. The van der Waals surface area contributed by atoms with Gasteiger partial charge in [0.25, 0.3) is 5.91 Å². The Labute approximate surface area is 176 Å². The molecule has 0 aliphatic carbocycles. The third-order valence-electron chi connectivity index (χ3n) is 4.51. The predicted octanol–water partition coefficient (Wildman–Crippen LogP) is 2.77. The van der Waals surface area contributed by atoms with Gasteiger partial charge in [0.15, 0.2) is 11.9 Å². The topological polar surface area (TPSA) is 116 Å². The average molecular weight is 424 g/mol. The minimum atomic E-state index is -0.612. The SMILES string of the molecule is CCC(C(=O)Nc1cccc(-c2nnnn2C)c1)n1nnc(-c2ccc(Cl)cc2)n1. The van der Waals surface area contributed by atoms with Crippen molar-refractivity contribution in [1.29, 1.82) is 0 Å². The maximum absolute atomic E-state index is 12.9. The molecule has 0 saturated carbocycles. The minimum Gasteiger partial charge on any atom is -0.324 e. The first-order valence-corrected chi connectivity index (χ1v) is 9.62. The molecule has 1 unspecified atom stereocenters. The molecule has 1 N–H and O–H groups in total. The zero-order valence-corrected chi connectivity index (χ0v) is 17.0. The van der Waals surface area contributed by atoms with E-state index in [1.165, 1.54) is 4.80 Å². The third kappa shape index (κ3) is 4.03. The van der Waals surface area contributed by atoms with Crippen LogP contribution in [0.4, 0.5) is 5.69 Å². The Bertz CT molecular complexity index is 1170. The standard InChI is InChI=1S/C19H18ClN9O/c1-3-16(29-24-17(22-26-29)12-7-9-14(20)10-8-12)19(30)21-15-6-4-5-13(11-15)18-23-25-27-28(18)2/h4-11,16H,3H2,1-2H3,(H,21,30). The van der Waals surface area contributed by atoms with E-state index in [-0.39, 0.29) is 5.91 Å². The molecule has 0 saturated heterocycles. The molecule has 0 bridgehead atoms. The number of nitrogens with one attached hydrogen (secondary N) is 1. The van der Waals surface area contributed by atoms with Crippen molar-refractivity contribution in [2.75, 3.05) is 5.32 Å². The number of hydrogen-bond acceptors (Lipinski definition) is 7. The van der Waals surface area contributed by atoms with Gasteiger partial charge >= 0.3 is 0 Å². The first-order chi connectivity index (χ1) is 14.5. The van der Waals surface area contributed by atoms with Crippen LogP contribution in [-0.4, -0.2) is 46.3 Å². The summed E-state index contributed by atoms with van der Waals surface area (Å²) in [5.74, 6) is 0.782. The van der Waals surface area contributed by atoms with Crippen molar-refractivity contribution in [1.82, 2.24) is 40.4 Å². The van der Waals surface area contributed by atoms with Crippen LogP contribution in [0, 0.1) is 0 Å². The Morgan fingerprint density at radius 1 is 1.10 bits per heavy atom. The highest BCUT2D eigenvalue weighted by atomic mass is 35.5. The van der Waals surface area contributed by atoms with Gasteiger partial charge in [-0.3, -0.25) is 4.79 Å². The highest BCUT2D eigenvalue weighted by Crippen LogP contribution is 2.22. The molecular weight excluding hydrogens is 406 g/mol. The van der Waals surface area contributed by atoms with Gasteiger partial charge in [0, 0.05) is 28.9 Å². The summed E-state index contributed by atoms with van der Waals surface area (Å²) in [5.41, 5.74) is 2.18. The minimum absolute atomic E-state index is 0.245. The van der Waals surface area contributed by atoms with Crippen LogP contribution < -0.4 is 5.32 Å². The van der Waals surface area contributed by atoms with Crippen LogP contribution in [0.25, 0.3) is 22.8 Å². The van der Waals surface area contributed by atoms with E-state index >= 15 is 0 Å². The smallest absolute Gasteiger partial charge is 0.251 e. The van der Waals surface area contributed by atoms with Gasteiger partial charge in [0.2, 0.25) is 5.82 Å². The lowest BCUT2D eigenvalue weighted by atomic mass is 10.1. The van der Waals surface area contributed by atoms with Gasteiger partial charge in [0.05, 0.1) is 0 Å². The van der Waals surface area contributed by atoms with Crippen molar-refractivity contribution >= 4 is 23.2 Å². The second-order valence-corrected chi connectivity index (χ2v) is 7.00. The van der Waals surface area contributed by atoms with Crippen LogP contribution in [0.15, 0.2) is 48.5 Å². The maximum Gasteiger partial charge on any atom is 0.251 e. The Morgan fingerprint density at radius 2 is 1.90 bits per heavy atom. The molecule has 0 spiro atoms. The number of rotatable bonds is 6. The number of benzene rings is 2. The number of carbonyl (C=O) groups excluding carboxylic acids is 1. The highest BCUT2D eigenvalue weighted by Gasteiger charge is 2.22. The predicted molar refractivity (Wildman–Crippen MR) is 110 cm³/mol. The summed E-state index contributed by atoms with van der Waals surface area (Å²) in [7, 11) is 1.75. The molecule has 4 aromatic rings. The fourth-order valence-corrected chi connectivity index (χ4v) is 3.09. The maximum atomic E-state index is 12.9. The second-order valence-electron chi connectivity index (χ2n) is 6.56. The number of halogens is 1. The Hall–Kier alpha value is -3.66. The van der Waals surface area contributed by atoms with E-state index in [9.17, 15) is 4.79 Å². The Morgan fingerprint density at radius 3 is 2.60 bits per heavy atom. The molecule has 2 aromatic heterocycles. The summed E-state index contributed by atoms with van der Waals surface area (Å²) in [6.07, 6.45) is 0.495. The number of aromatic nitrogens is 8. The van der Waals surface area contributed by atoms with Crippen LogP contribution >= 0.6 is 11.6 Å². The number of hydrogen-bond donors (Lipinski definition) is 1. The number of amides is 1. The van der Waals surface area contributed by atoms with Gasteiger partial charge in [-0.05, 0) is 58.5 Å². The fraction of sp³-hybridized carbons (Fsp3) is 0.211. The zero-order chi connectivity index (χ0) is 21.1. The molecular formula is C19H18ClN9O. The van der Waals surface area contributed by atoms with Gasteiger partial charge in [-0.2, -0.15) is 4.80 Å². The fourth-order valence-electron chi connectivity index (χ4n) is 2.96. The molecule has 10 nitrogen and oxygen atoms in total. The Kier molecular flexibility index (Phi) is 5.48.